The van der Waals surface area contributed by atoms with Crippen LogP contribution in [0.2, 0.25) is 5.02 Å². The molecular weight excluding hydrogens is 545 g/mol. The van der Waals surface area contributed by atoms with Gasteiger partial charge in [0.1, 0.15) is 6.54 Å². The van der Waals surface area contributed by atoms with Crippen molar-refractivity contribution in [2.45, 2.75) is 31.5 Å². The fourth-order valence-electron chi connectivity index (χ4n) is 3.49. The number of ether oxygens (including phenoxy) is 2. The molecule has 0 aliphatic rings. The van der Waals surface area contributed by atoms with Gasteiger partial charge in [0.15, 0.2) is 11.5 Å². The zero-order chi connectivity index (χ0) is 27.9. The maximum atomic E-state index is 13.4. The third-order valence-electron chi connectivity index (χ3n) is 5.26. The summed E-state index contributed by atoms with van der Waals surface area (Å²) in [6, 6.07) is 14.4. The molecular formula is C26H26ClF3N2O5S. The van der Waals surface area contributed by atoms with Crippen LogP contribution in [0.5, 0.6) is 11.5 Å². The molecule has 38 heavy (non-hydrogen) atoms. The van der Waals surface area contributed by atoms with E-state index in [0.29, 0.717) is 40.6 Å². The van der Waals surface area contributed by atoms with Crippen LogP contribution in [0.1, 0.15) is 25.0 Å². The number of alkyl halides is 3. The van der Waals surface area contributed by atoms with Crippen molar-refractivity contribution < 1.29 is 35.9 Å². The number of carbonyl (C=O) groups is 1. The summed E-state index contributed by atoms with van der Waals surface area (Å²) in [5.74, 6) is 0.249. The van der Waals surface area contributed by atoms with Crippen LogP contribution in [0.4, 0.5) is 18.9 Å². The summed E-state index contributed by atoms with van der Waals surface area (Å²) in [4.78, 5) is 12.7. The number of rotatable bonds is 11. The number of anilines is 1. The lowest BCUT2D eigenvalue weighted by Crippen LogP contribution is -2.41. The molecule has 3 aromatic carbocycles. The van der Waals surface area contributed by atoms with Crippen molar-refractivity contribution in [1.82, 2.24) is 5.32 Å². The van der Waals surface area contributed by atoms with Gasteiger partial charge in [-0.2, -0.15) is 13.2 Å². The van der Waals surface area contributed by atoms with Gasteiger partial charge in [0.2, 0.25) is 5.91 Å². The molecule has 1 amide bonds. The van der Waals surface area contributed by atoms with E-state index in [2.05, 4.69) is 5.32 Å². The molecule has 0 aliphatic carbocycles. The first-order valence-corrected chi connectivity index (χ1v) is 13.4. The first-order valence-electron chi connectivity index (χ1n) is 11.6. The zero-order valence-electron chi connectivity index (χ0n) is 20.6. The molecule has 0 unspecified atom stereocenters. The van der Waals surface area contributed by atoms with Gasteiger partial charge in [-0.1, -0.05) is 35.9 Å². The molecule has 12 heteroatoms. The summed E-state index contributed by atoms with van der Waals surface area (Å²) in [5.41, 5.74) is -0.941. The van der Waals surface area contributed by atoms with E-state index < -0.39 is 39.9 Å². The van der Waals surface area contributed by atoms with Crippen molar-refractivity contribution in [2.75, 3.05) is 24.1 Å². The first-order chi connectivity index (χ1) is 18.0. The lowest BCUT2D eigenvalue weighted by Gasteiger charge is -2.26. The van der Waals surface area contributed by atoms with Gasteiger partial charge < -0.3 is 14.8 Å². The summed E-state index contributed by atoms with van der Waals surface area (Å²) in [7, 11) is -4.46. The first kappa shape index (κ1) is 29.1. The molecule has 0 saturated carbocycles. The molecule has 0 aliphatic heterocycles. The quantitative estimate of drug-likeness (QED) is 0.321. The highest BCUT2D eigenvalue weighted by Crippen LogP contribution is 2.37. The molecule has 0 atom stereocenters. The van der Waals surface area contributed by atoms with E-state index in [4.69, 9.17) is 21.1 Å². The minimum Gasteiger partial charge on any atom is -0.490 e. The van der Waals surface area contributed by atoms with Crippen molar-refractivity contribution in [3.63, 3.8) is 0 Å². The molecule has 0 heterocycles. The Balaban J connectivity index is 1.91. The Morgan fingerprint density at radius 2 is 1.61 bits per heavy atom. The van der Waals surface area contributed by atoms with Gasteiger partial charge in [0.25, 0.3) is 10.0 Å². The summed E-state index contributed by atoms with van der Waals surface area (Å²) >= 11 is 6.15. The number of nitrogens with one attached hydrogen (secondary N) is 1. The molecule has 0 aromatic heterocycles. The van der Waals surface area contributed by atoms with Gasteiger partial charge in [-0.05, 0) is 61.9 Å². The summed E-state index contributed by atoms with van der Waals surface area (Å²) in [5, 5.41) is 2.34. The molecule has 0 radical (unpaired) electrons. The van der Waals surface area contributed by atoms with Crippen LogP contribution in [-0.2, 0) is 27.5 Å². The van der Waals surface area contributed by atoms with E-state index in [1.54, 1.807) is 24.3 Å². The zero-order valence-corrected chi connectivity index (χ0v) is 22.2. The van der Waals surface area contributed by atoms with Crippen molar-refractivity contribution >= 4 is 33.2 Å². The number of hydrogen-bond acceptors (Lipinski definition) is 5. The van der Waals surface area contributed by atoms with E-state index >= 15 is 0 Å². The second-order valence-electron chi connectivity index (χ2n) is 7.91. The molecule has 7 nitrogen and oxygen atoms in total. The van der Waals surface area contributed by atoms with Crippen molar-refractivity contribution in [3.05, 3.63) is 82.9 Å². The maximum Gasteiger partial charge on any atom is 0.416 e. The van der Waals surface area contributed by atoms with Gasteiger partial charge in [0.05, 0.1) is 34.4 Å². The fourth-order valence-corrected chi connectivity index (χ4v) is 5.21. The molecule has 0 spiro atoms. The van der Waals surface area contributed by atoms with Gasteiger partial charge in [-0.3, -0.25) is 9.10 Å². The highest BCUT2D eigenvalue weighted by molar-refractivity contribution is 7.92. The summed E-state index contributed by atoms with van der Waals surface area (Å²) < 4.78 is 78.8. The SMILES string of the molecule is CCOc1ccc(CNC(=O)CN(c2cc(C(F)(F)F)ccc2Cl)S(=O)(=O)c2ccccc2)cc1OCC. The van der Waals surface area contributed by atoms with Gasteiger partial charge in [-0.15, -0.1) is 0 Å². The van der Waals surface area contributed by atoms with Crippen molar-refractivity contribution in [2.24, 2.45) is 0 Å². The van der Waals surface area contributed by atoms with Crippen LogP contribution in [0, 0.1) is 0 Å². The lowest BCUT2D eigenvalue weighted by molar-refractivity contribution is -0.137. The number of amides is 1. The van der Waals surface area contributed by atoms with Crippen LogP contribution in [0.3, 0.4) is 0 Å². The number of nitrogens with zero attached hydrogens (tertiary/aromatic N) is 1. The Morgan fingerprint density at radius 3 is 2.24 bits per heavy atom. The number of hydrogen-bond donors (Lipinski definition) is 1. The Hall–Kier alpha value is -3.44. The number of benzene rings is 3. The summed E-state index contributed by atoms with van der Waals surface area (Å²) in [6.45, 7) is 3.65. The van der Waals surface area contributed by atoms with Gasteiger partial charge >= 0.3 is 6.18 Å². The second-order valence-corrected chi connectivity index (χ2v) is 10.2. The maximum absolute atomic E-state index is 13.4. The third kappa shape index (κ3) is 7.11. The number of halogens is 4. The van der Waals surface area contributed by atoms with Crippen molar-refractivity contribution in [3.8, 4) is 11.5 Å². The Morgan fingerprint density at radius 1 is 0.947 bits per heavy atom. The fraction of sp³-hybridized carbons (Fsp3) is 0.269. The normalized spacial score (nSPS) is 11.6. The topological polar surface area (TPSA) is 84.9 Å². The van der Waals surface area contributed by atoms with E-state index in [9.17, 15) is 26.4 Å². The predicted octanol–water partition coefficient (Wildman–Crippen LogP) is 5.67. The van der Waals surface area contributed by atoms with Crippen LogP contribution in [0.15, 0.2) is 71.6 Å². The summed E-state index contributed by atoms with van der Waals surface area (Å²) in [6.07, 6.45) is -4.75. The highest BCUT2D eigenvalue weighted by Gasteiger charge is 2.34. The molecule has 0 saturated heterocycles. The minimum atomic E-state index is -4.75. The molecule has 3 aromatic rings. The largest absolute Gasteiger partial charge is 0.490 e. The van der Waals surface area contributed by atoms with E-state index in [1.807, 2.05) is 13.8 Å². The molecule has 1 N–H and O–H groups in total. The van der Waals surface area contributed by atoms with Crippen LogP contribution in [-0.4, -0.2) is 34.1 Å². The van der Waals surface area contributed by atoms with Crippen LogP contribution in [0.25, 0.3) is 0 Å². The third-order valence-corrected chi connectivity index (χ3v) is 7.35. The van der Waals surface area contributed by atoms with Gasteiger partial charge in [-0.25, -0.2) is 8.42 Å². The Labute approximate surface area is 224 Å². The molecule has 0 bridgehead atoms. The van der Waals surface area contributed by atoms with E-state index in [0.717, 1.165) is 12.1 Å². The average molecular weight is 571 g/mol. The van der Waals surface area contributed by atoms with Crippen LogP contribution >= 0.6 is 11.6 Å². The van der Waals surface area contributed by atoms with E-state index in [1.165, 1.54) is 24.3 Å². The highest BCUT2D eigenvalue weighted by atomic mass is 35.5. The minimum absolute atomic E-state index is 0.000853. The molecule has 204 valence electrons. The molecule has 0 fully saturated rings. The Kier molecular flexibility index (Phi) is 9.50. The smallest absolute Gasteiger partial charge is 0.416 e. The number of carbonyl (C=O) groups excluding carboxylic acids is 1. The number of sulfonamides is 1. The second kappa shape index (κ2) is 12.4. The van der Waals surface area contributed by atoms with Crippen LogP contribution < -0.4 is 19.1 Å². The molecule has 3 rings (SSSR count). The average Bonchev–Trinajstić information content (AvgIpc) is 2.88. The standard InChI is InChI=1S/C26H26ClF3N2O5S/c1-3-36-23-13-10-18(14-24(23)37-4-2)16-31-25(33)17-32(38(34,35)20-8-6-5-7-9-20)22-15-19(26(28,29)30)11-12-21(22)27/h5-15H,3-4,16-17H2,1-2H3,(H,31,33). The predicted molar refractivity (Wildman–Crippen MR) is 138 cm³/mol. The van der Waals surface area contributed by atoms with Crippen molar-refractivity contribution in [1.29, 1.82) is 0 Å². The Bertz CT molecular complexity index is 1370. The van der Waals surface area contributed by atoms with Gasteiger partial charge in [0, 0.05) is 6.54 Å². The van der Waals surface area contributed by atoms with E-state index in [-0.39, 0.29) is 16.5 Å². The lowest BCUT2D eigenvalue weighted by atomic mass is 10.2. The monoisotopic (exact) mass is 570 g/mol.